The lowest BCUT2D eigenvalue weighted by atomic mass is 10.2. The van der Waals surface area contributed by atoms with Crippen molar-refractivity contribution in [2.75, 3.05) is 19.8 Å². The first-order chi connectivity index (χ1) is 12.1. The number of nitrogens with one attached hydrogen (secondary N) is 1. The monoisotopic (exact) mass is 341 g/mol. The normalized spacial score (nSPS) is 15.5. The molecule has 25 heavy (non-hydrogen) atoms. The van der Waals surface area contributed by atoms with Gasteiger partial charge in [-0.3, -0.25) is 14.4 Å². The summed E-state index contributed by atoms with van der Waals surface area (Å²) in [6, 6.07) is 9.68. The van der Waals surface area contributed by atoms with Crippen molar-refractivity contribution in [3.63, 3.8) is 0 Å². The molecular weight excluding hydrogens is 318 g/mol. The summed E-state index contributed by atoms with van der Waals surface area (Å²) in [5.74, 6) is -0.0130. The van der Waals surface area contributed by atoms with Gasteiger partial charge in [0.2, 0.25) is 5.91 Å². The van der Waals surface area contributed by atoms with Crippen LogP contribution in [0.15, 0.2) is 42.7 Å². The van der Waals surface area contributed by atoms with Crippen LogP contribution in [0, 0.1) is 0 Å². The second-order valence-electron chi connectivity index (χ2n) is 6.22. The van der Waals surface area contributed by atoms with E-state index in [1.54, 1.807) is 11.1 Å². The second kappa shape index (κ2) is 7.38. The van der Waals surface area contributed by atoms with Crippen LogP contribution in [0.3, 0.4) is 0 Å². The van der Waals surface area contributed by atoms with Crippen LogP contribution in [0.25, 0.3) is 0 Å². The highest BCUT2D eigenvalue weighted by atomic mass is 16.2. The molecule has 1 saturated heterocycles. The average Bonchev–Trinajstić information content (AvgIpc) is 3.22. The Bertz CT molecular complexity index is 743. The predicted molar refractivity (Wildman–Crippen MR) is 93.7 cm³/mol. The molecule has 0 saturated carbocycles. The lowest BCUT2D eigenvalue weighted by Gasteiger charge is -2.20. The van der Waals surface area contributed by atoms with Crippen LogP contribution in [-0.4, -0.2) is 51.3 Å². The maximum atomic E-state index is 12.3. The van der Waals surface area contributed by atoms with E-state index in [0.29, 0.717) is 19.8 Å². The van der Waals surface area contributed by atoms with E-state index in [4.69, 9.17) is 0 Å². The Morgan fingerprint density at radius 3 is 2.76 bits per heavy atom. The minimum absolute atomic E-state index is 0.0130. The van der Waals surface area contributed by atoms with E-state index in [1.807, 2.05) is 42.9 Å². The van der Waals surface area contributed by atoms with Crippen molar-refractivity contribution in [2.24, 2.45) is 0 Å². The van der Waals surface area contributed by atoms with Gasteiger partial charge in [0.05, 0.1) is 25.5 Å². The Morgan fingerprint density at radius 2 is 2.08 bits per heavy atom. The Hall–Kier alpha value is -2.83. The molecular formula is C18H23N5O2. The summed E-state index contributed by atoms with van der Waals surface area (Å²) in [5, 5.41) is 7.30. The molecule has 1 N–H and O–H groups in total. The quantitative estimate of drug-likeness (QED) is 0.902. The zero-order chi connectivity index (χ0) is 17.8. The number of benzene rings is 1. The predicted octanol–water partition coefficient (Wildman–Crippen LogP) is 1.82. The standard InChI is InChI=1S/C18H23N5O2/c1-3-21-13-22(12-17(21)24)18(25)20-14(2)16-9-19-23(11-16)10-15-7-5-4-6-8-15/h4-9,11,14H,3,10,12-13H2,1-2H3,(H,20,25)/t14-/m0/s1. The number of carbonyl (C=O) groups excluding carboxylic acids is 2. The van der Waals surface area contributed by atoms with Crippen LogP contribution < -0.4 is 5.32 Å². The van der Waals surface area contributed by atoms with Crippen LogP contribution in [0.4, 0.5) is 4.79 Å². The number of nitrogens with zero attached hydrogens (tertiary/aromatic N) is 4. The smallest absolute Gasteiger partial charge is 0.319 e. The fraction of sp³-hybridized carbons (Fsp3) is 0.389. The fourth-order valence-corrected chi connectivity index (χ4v) is 2.83. The minimum Gasteiger partial charge on any atom is -0.331 e. The first-order valence-corrected chi connectivity index (χ1v) is 8.46. The van der Waals surface area contributed by atoms with E-state index in [2.05, 4.69) is 22.5 Å². The molecule has 0 spiro atoms. The van der Waals surface area contributed by atoms with Crippen molar-refractivity contribution in [2.45, 2.75) is 26.4 Å². The molecule has 0 radical (unpaired) electrons. The first kappa shape index (κ1) is 17.0. The van der Waals surface area contributed by atoms with Crippen molar-refractivity contribution in [3.8, 4) is 0 Å². The number of hydrogen-bond acceptors (Lipinski definition) is 3. The van der Waals surface area contributed by atoms with E-state index in [1.165, 1.54) is 10.5 Å². The zero-order valence-electron chi connectivity index (χ0n) is 14.6. The van der Waals surface area contributed by atoms with E-state index in [-0.39, 0.29) is 24.5 Å². The lowest BCUT2D eigenvalue weighted by molar-refractivity contribution is -0.126. The van der Waals surface area contributed by atoms with Gasteiger partial charge in [-0.2, -0.15) is 5.10 Å². The molecule has 7 nitrogen and oxygen atoms in total. The number of aromatic nitrogens is 2. The molecule has 7 heteroatoms. The molecule has 0 unspecified atom stereocenters. The van der Waals surface area contributed by atoms with Crippen LogP contribution in [-0.2, 0) is 11.3 Å². The third-order valence-electron chi connectivity index (χ3n) is 4.37. The molecule has 132 valence electrons. The molecule has 1 aliphatic rings. The van der Waals surface area contributed by atoms with Gasteiger partial charge < -0.3 is 10.2 Å². The number of amides is 3. The summed E-state index contributed by atoms with van der Waals surface area (Å²) in [4.78, 5) is 27.3. The van der Waals surface area contributed by atoms with E-state index in [9.17, 15) is 9.59 Å². The van der Waals surface area contributed by atoms with Gasteiger partial charge in [0.15, 0.2) is 0 Å². The lowest BCUT2D eigenvalue weighted by Crippen LogP contribution is -2.40. The summed E-state index contributed by atoms with van der Waals surface area (Å²) in [5.41, 5.74) is 2.10. The summed E-state index contributed by atoms with van der Waals surface area (Å²) >= 11 is 0. The highest BCUT2D eigenvalue weighted by Gasteiger charge is 2.30. The van der Waals surface area contributed by atoms with Crippen molar-refractivity contribution < 1.29 is 9.59 Å². The third-order valence-corrected chi connectivity index (χ3v) is 4.37. The first-order valence-electron chi connectivity index (χ1n) is 8.46. The van der Waals surface area contributed by atoms with Gasteiger partial charge in [0.25, 0.3) is 0 Å². The molecule has 3 amide bonds. The molecule has 1 atom stereocenters. The van der Waals surface area contributed by atoms with Crippen molar-refractivity contribution in [1.29, 1.82) is 0 Å². The van der Waals surface area contributed by atoms with Gasteiger partial charge in [-0.05, 0) is 19.4 Å². The summed E-state index contributed by atoms with van der Waals surface area (Å²) < 4.78 is 1.85. The van der Waals surface area contributed by atoms with Gasteiger partial charge in [-0.1, -0.05) is 30.3 Å². The van der Waals surface area contributed by atoms with Crippen LogP contribution in [0.5, 0.6) is 0 Å². The van der Waals surface area contributed by atoms with E-state index < -0.39 is 0 Å². The molecule has 2 aromatic rings. The molecule has 3 rings (SSSR count). The third kappa shape index (κ3) is 3.99. The summed E-state index contributed by atoms with van der Waals surface area (Å²) in [6.45, 7) is 5.61. The number of rotatable bonds is 5. The van der Waals surface area contributed by atoms with E-state index in [0.717, 1.165) is 5.56 Å². The van der Waals surface area contributed by atoms with Gasteiger partial charge in [0.1, 0.15) is 6.54 Å². The summed E-state index contributed by atoms with van der Waals surface area (Å²) in [7, 11) is 0. The molecule has 1 aliphatic heterocycles. The van der Waals surface area contributed by atoms with Crippen LogP contribution in [0.1, 0.15) is 31.0 Å². The van der Waals surface area contributed by atoms with Crippen LogP contribution in [0.2, 0.25) is 0 Å². The fourth-order valence-electron chi connectivity index (χ4n) is 2.83. The highest BCUT2D eigenvalue weighted by Crippen LogP contribution is 2.14. The maximum Gasteiger partial charge on any atom is 0.319 e. The molecule has 0 bridgehead atoms. The van der Waals surface area contributed by atoms with Crippen molar-refractivity contribution >= 4 is 11.9 Å². The molecule has 1 aromatic heterocycles. The van der Waals surface area contributed by atoms with Gasteiger partial charge in [0, 0.05) is 18.3 Å². The second-order valence-corrected chi connectivity index (χ2v) is 6.22. The minimum atomic E-state index is -0.229. The number of carbonyl (C=O) groups is 2. The van der Waals surface area contributed by atoms with Crippen LogP contribution >= 0.6 is 0 Å². The molecule has 1 aromatic carbocycles. The average molecular weight is 341 g/mol. The number of likely N-dealkylation sites (N-methyl/N-ethyl adjacent to an activating group) is 1. The highest BCUT2D eigenvalue weighted by molar-refractivity contribution is 5.87. The zero-order valence-corrected chi connectivity index (χ0v) is 14.6. The number of hydrogen-bond donors (Lipinski definition) is 1. The molecule has 1 fully saturated rings. The topological polar surface area (TPSA) is 70.5 Å². The van der Waals surface area contributed by atoms with Gasteiger partial charge in [-0.25, -0.2) is 4.79 Å². The Balaban J connectivity index is 1.57. The Kier molecular flexibility index (Phi) is 5.02. The molecule has 0 aliphatic carbocycles. The van der Waals surface area contributed by atoms with Gasteiger partial charge in [-0.15, -0.1) is 0 Å². The largest absolute Gasteiger partial charge is 0.331 e. The number of urea groups is 1. The van der Waals surface area contributed by atoms with Crippen molar-refractivity contribution in [3.05, 3.63) is 53.9 Å². The molecule has 2 heterocycles. The van der Waals surface area contributed by atoms with E-state index >= 15 is 0 Å². The van der Waals surface area contributed by atoms with Crippen molar-refractivity contribution in [1.82, 2.24) is 24.9 Å². The van der Waals surface area contributed by atoms with Gasteiger partial charge >= 0.3 is 6.03 Å². The summed E-state index contributed by atoms with van der Waals surface area (Å²) in [6.07, 6.45) is 3.70. The SMILES string of the molecule is CCN1CN(C(=O)N[C@@H](C)c2cnn(Cc3ccccc3)c2)CC1=O. The Morgan fingerprint density at radius 1 is 1.32 bits per heavy atom. The maximum absolute atomic E-state index is 12.3. The Labute approximate surface area is 147 Å².